The van der Waals surface area contributed by atoms with Crippen molar-refractivity contribution >= 4 is 11.9 Å². The second kappa shape index (κ2) is 6.92. The molecule has 1 aliphatic rings. The van der Waals surface area contributed by atoms with Gasteiger partial charge in [-0.2, -0.15) is 0 Å². The average molecular weight is 289 g/mol. The van der Waals surface area contributed by atoms with E-state index in [4.69, 9.17) is 14.7 Å². The fourth-order valence-corrected chi connectivity index (χ4v) is 1.58. The lowest BCUT2D eigenvalue weighted by atomic mass is 10.1. The van der Waals surface area contributed by atoms with Crippen molar-refractivity contribution in [1.82, 2.24) is 5.01 Å². The third-order valence-electron chi connectivity index (χ3n) is 2.78. The standard InChI is InChI=1S/C11H19N3O6/c1-7(2)11(17)19-8(3)20-12-14(18)13-5-4-9(6-13)10(15)16/h7-9H,4-6H2,1-3H3,(H,15,16)/b14-12-. The predicted octanol–water partition coefficient (Wildman–Crippen LogP) is 0.747. The number of carboxylic acid groups (broad SMARTS) is 1. The Hall–Kier alpha value is -2.06. The van der Waals surface area contributed by atoms with E-state index >= 15 is 0 Å². The molecule has 1 heterocycles. The van der Waals surface area contributed by atoms with Crippen LogP contribution in [0.3, 0.4) is 0 Å². The first kappa shape index (κ1) is 16.0. The van der Waals surface area contributed by atoms with Gasteiger partial charge in [-0.05, 0) is 6.42 Å². The molecular weight excluding hydrogens is 270 g/mol. The molecule has 9 heteroatoms. The summed E-state index contributed by atoms with van der Waals surface area (Å²) in [6, 6.07) is 0. The first-order chi connectivity index (χ1) is 9.31. The van der Waals surface area contributed by atoms with Crippen LogP contribution in [0.15, 0.2) is 5.28 Å². The van der Waals surface area contributed by atoms with Gasteiger partial charge in [0.15, 0.2) is 0 Å². The summed E-state index contributed by atoms with van der Waals surface area (Å²) in [5.41, 5.74) is 0. The second-order valence-electron chi connectivity index (χ2n) is 4.84. The fourth-order valence-electron chi connectivity index (χ4n) is 1.58. The zero-order chi connectivity index (χ0) is 15.3. The molecule has 0 spiro atoms. The maximum Gasteiger partial charge on any atom is 0.311 e. The van der Waals surface area contributed by atoms with E-state index in [1.54, 1.807) is 13.8 Å². The van der Waals surface area contributed by atoms with Gasteiger partial charge < -0.3 is 15.1 Å². The monoisotopic (exact) mass is 289 g/mol. The molecule has 0 radical (unpaired) electrons. The summed E-state index contributed by atoms with van der Waals surface area (Å²) >= 11 is 0. The highest BCUT2D eigenvalue weighted by Gasteiger charge is 2.33. The maximum absolute atomic E-state index is 11.6. The molecule has 1 fully saturated rings. The van der Waals surface area contributed by atoms with Crippen LogP contribution in [0.25, 0.3) is 0 Å². The van der Waals surface area contributed by atoms with Gasteiger partial charge in [0, 0.05) is 6.92 Å². The number of hydrazine groups is 1. The number of hydrogen-bond acceptors (Lipinski definition) is 6. The summed E-state index contributed by atoms with van der Waals surface area (Å²) in [7, 11) is 0. The molecule has 0 bridgehead atoms. The van der Waals surface area contributed by atoms with Gasteiger partial charge in [0.25, 0.3) is 6.29 Å². The van der Waals surface area contributed by atoms with Crippen LogP contribution in [0.2, 0.25) is 0 Å². The second-order valence-corrected chi connectivity index (χ2v) is 4.84. The van der Waals surface area contributed by atoms with Crippen molar-refractivity contribution in [3.63, 3.8) is 0 Å². The van der Waals surface area contributed by atoms with Crippen LogP contribution in [-0.2, 0) is 19.2 Å². The molecule has 1 aliphatic heterocycles. The van der Waals surface area contributed by atoms with Gasteiger partial charge in [-0.3, -0.25) is 14.4 Å². The van der Waals surface area contributed by atoms with Crippen LogP contribution < -0.4 is 0 Å². The molecule has 0 aliphatic carbocycles. The van der Waals surface area contributed by atoms with Gasteiger partial charge >= 0.3 is 11.9 Å². The third-order valence-corrected chi connectivity index (χ3v) is 2.78. The van der Waals surface area contributed by atoms with Gasteiger partial charge in [0.2, 0.25) is 5.28 Å². The van der Waals surface area contributed by atoms with E-state index in [0.29, 0.717) is 6.42 Å². The topological polar surface area (TPSA) is 114 Å². The summed E-state index contributed by atoms with van der Waals surface area (Å²) in [6.07, 6.45) is -0.610. The first-order valence-electron chi connectivity index (χ1n) is 6.33. The number of carboxylic acids is 1. The highest BCUT2D eigenvalue weighted by atomic mass is 16.8. The van der Waals surface area contributed by atoms with Crippen LogP contribution in [0.5, 0.6) is 0 Å². The molecule has 114 valence electrons. The number of nitrogens with zero attached hydrogens (tertiary/aromatic N) is 3. The number of aliphatic carboxylic acids is 1. The molecule has 0 aromatic rings. The molecule has 0 aromatic carbocycles. The third kappa shape index (κ3) is 4.56. The van der Waals surface area contributed by atoms with Crippen LogP contribution in [-0.4, -0.2) is 46.4 Å². The minimum atomic E-state index is -0.987. The van der Waals surface area contributed by atoms with E-state index in [1.807, 2.05) is 0 Å². The van der Waals surface area contributed by atoms with E-state index < -0.39 is 24.1 Å². The van der Waals surface area contributed by atoms with Gasteiger partial charge in [-0.1, -0.05) is 13.8 Å². The Morgan fingerprint density at radius 1 is 1.45 bits per heavy atom. The van der Waals surface area contributed by atoms with E-state index in [1.165, 1.54) is 11.9 Å². The molecule has 2 atom stereocenters. The molecule has 9 nitrogen and oxygen atoms in total. The summed E-state index contributed by atoms with van der Waals surface area (Å²) in [5.74, 6) is -2.30. The lowest BCUT2D eigenvalue weighted by Gasteiger charge is -2.14. The van der Waals surface area contributed by atoms with Crippen molar-refractivity contribution in [2.24, 2.45) is 17.1 Å². The van der Waals surface area contributed by atoms with Crippen LogP contribution >= 0.6 is 0 Å². The van der Waals surface area contributed by atoms with E-state index in [2.05, 4.69) is 5.28 Å². The van der Waals surface area contributed by atoms with Crippen LogP contribution in [0.4, 0.5) is 0 Å². The number of ether oxygens (including phenoxy) is 1. The Labute approximate surface area is 116 Å². The summed E-state index contributed by atoms with van der Waals surface area (Å²) in [6.45, 7) is 5.13. The van der Waals surface area contributed by atoms with Gasteiger partial charge in [-0.15, -0.1) is 5.01 Å². The highest BCUT2D eigenvalue weighted by Crippen LogP contribution is 2.16. The Kier molecular flexibility index (Phi) is 5.53. The fraction of sp³-hybridized carbons (Fsp3) is 0.818. The Bertz CT molecular complexity index is 398. The smallest absolute Gasteiger partial charge is 0.311 e. The van der Waals surface area contributed by atoms with Gasteiger partial charge in [0.05, 0.1) is 29.9 Å². The van der Waals surface area contributed by atoms with Crippen molar-refractivity contribution in [3.8, 4) is 0 Å². The molecule has 20 heavy (non-hydrogen) atoms. The number of esters is 1. The molecular formula is C11H19N3O6. The number of rotatable bonds is 6. The minimum absolute atomic E-state index is 0.0753. The lowest BCUT2D eigenvalue weighted by molar-refractivity contribution is -0.709. The van der Waals surface area contributed by atoms with Crippen molar-refractivity contribution in [2.45, 2.75) is 33.5 Å². The summed E-state index contributed by atoms with van der Waals surface area (Å²) in [4.78, 5) is 26.9. The summed E-state index contributed by atoms with van der Waals surface area (Å²) in [5, 5.41) is 24.8. The predicted molar refractivity (Wildman–Crippen MR) is 64.8 cm³/mol. The normalized spacial score (nSPS) is 20.9. The van der Waals surface area contributed by atoms with E-state index in [-0.39, 0.29) is 24.0 Å². The number of hydrogen-bond donors (Lipinski definition) is 1. The van der Waals surface area contributed by atoms with Crippen molar-refractivity contribution in [1.29, 1.82) is 0 Å². The summed E-state index contributed by atoms with van der Waals surface area (Å²) < 4.78 is 4.85. The molecule has 2 unspecified atom stereocenters. The molecule has 0 saturated carbocycles. The van der Waals surface area contributed by atoms with Crippen LogP contribution in [0, 0.1) is 17.0 Å². The molecule has 1 saturated heterocycles. The van der Waals surface area contributed by atoms with Gasteiger partial charge in [-0.25, -0.2) is 0 Å². The first-order valence-corrected chi connectivity index (χ1v) is 6.33. The maximum atomic E-state index is 11.6. The van der Waals surface area contributed by atoms with Crippen molar-refractivity contribution in [3.05, 3.63) is 5.21 Å². The Morgan fingerprint density at radius 2 is 2.10 bits per heavy atom. The van der Waals surface area contributed by atoms with E-state index in [9.17, 15) is 14.8 Å². The minimum Gasteiger partial charge on any atom is -0.569 e. The Balaban J connectivity index is 2.42. The number of carbonyl (C=O) groups excluding carboxylic acids is 1. The molecule has 0 aromatic heterocycles. The average Bonchev–Trinajstić information content (AvgIpc) is 2.85. The number of carbonyl (C=O) groups is 2. The van der Waals surface area contributed by atoms with Crippen LogP contribution in [0.1, 0.15) is 27.2 Å². The zero-order valence-corrected chi connectivity index (χ0v) is 11.7. The Morgan fingerprint density at radius 3 is 2.60 bits per heavy atom. The quantitative estimate of drug-likeness (QED) is 0.252. The molecule has 0 amide bonds. The van der Waals surface area contributed by atoms with Crippen molar-refractivity contribution in [2.75, 3.05) is 13.1 Å². The molecule has 1 rings (SSSR count). The zero-order valence-electron chi connectivity index (χ0n) is 11.7. The van der Waals surface area contributed by atoms with Gasteiger partial charge in [0.1, 0.15) is 0 Å². The van der Waals surface area contributed by atoms with E-state index in [0.717, 1.165) is 0 Å². The van der Waals surface area contributed by atoms with Crippen molar-refractivity contribution < 1.29 is 29.2 Å². The lowest BCUT2D eigenvalue weighted by Crippen LogP contribution is -2.30. The SMILES string of the molecule is CC(O/N=[N+](\[O-])N1CCC(C(=O)O)C1)OC(=O)C(C)C. The molecule has 1 N–H and O–H groups in total. The highest BCUT2D eigenvalue weighted by molar-refractivity contribution is 5.71. The largest absolute Gasteiger partial charge is 0.569 e.